The lowest BCUT2D eigenvalue weighted by Crippen LogP contribution is -2.26. The Labute approximate surface area is 118 Å². The van der Waals surface area contributed by atoms with E-state index < -0.39 is 0 Å². The van der Waals surface area contributed by atoms with Crippen molar-refractivity contribution in [1.82, 2.24) is 15.1 Å². The van der Waals surface area contributed by atoms with Gasteiger partial charge in [0, 0.05) is 13.6 Å². The summed E-state index contributed by atoms with van der Waals surface area (Å²) in [5.41, 5.74) is 8.85. The van der Waals surface area contributed by atoms with Crippen LogP contribution in [0, 0.1) is 0 Å². The van der Waals surface area contributed by atoms with Crippen molar-refractivity contribution in [2.75, 3.05) is 5.73 Å². The lowest BCUT2D eigenvalue weighted by Gasteiger charge is -2.09. The van der Waals surface area contributed by atoms with Crippen LogP contribution < -0.4 is 11.1 Å². The number of amides is 1. The second kappa shape index (κ2) is 5.77. The van der Waals surface area contributed by atoms with E-state index in [0.717, 1.165) is 5.56 Å². The molecule has 0 spiro atoms. The van der Waals surface area contributed by atoms with Gasteiger partial charge in [0.1, 0.15) is 5.69 Å². The van der Waals surface area contributed by atoms with Gasteiger partial charge < -0.3 is 11.1 Å². The summed E-state index contributed by atoms with van der Waals surface area (Å²) in [6.45, 7) is 4.78. The number of hydrogen-bond acceptors (Lipinski definition) is 3. The van der Waals surface area contributed by atoms with Gasteiger partial charge in [0.15, 0.2) is 0 Å². The van der Waals surface area contributed by atoms with Gasteiger partial charge in [0.25, 0.3) is 5.91 Å². The molecule has 0 aliphatic rings. The number of benzene rings is 1. The quantitative estimate of drug-likeness (QED) is 0.894. The molecule has 0 unspecified atom stereocenters. The number of nitrogens with zero attached hydrogens (tertiary/aromatic N) is 2. The summed E-state index contributed by atoms with van der Waals surface area (Å²) in [4.78, 5) is 12.0. The van der Waals surface area contributed by atoms with Crippen LogP contribution in [0.1, 0.15) is 41.4 Å². The molecule has 0 fully saturated rings. The first-order valence-corrected chi connectivity index (χ1v) is 6.63. The highest BCUT2D eigenvalue weighted by Crippen LogP contribution is 2.15. The van der Waals surface area contributed by atoms with Crippen LogP contribution in [0.15, 0.2) is 30.5 Å². The minimum atomic E-state index is -0.213. The molecule has 1 amide bonds. The monoisotopic (exact) mass is 272 g/mol. The zero-order valence-corrected chi connectivity index (χ0v) is 12.1. The Morgan fingerprint density at radius 3 is 2.50 bits per heavy atom. The predicted octanol–water partition coefficient (Wildman–Crippen LogP) is 2.06. The Morgan fingerprint density at radius 1 is 1.35 bits per heavy atom. The van der Waals surface area contributed by atoms with Gasteiger partial charge in [-0.1, -0.05) is 38.1 Å². The van der Waals surface area contributed by atoms with Crippen molar-refractivity contribution in [2.24, 2.45) is 7.05 Å². The topological polar surface area (TPSA) is 72.9 Å². The first-order valence-electron chi connectivity index (χ1n) is 6.63. The van der Waals surface area contributed by atoms with Crippen LogP contribution in [0.3, 0.4) is 0 Å². The lowest BCUT2D eigenvalue weighted by molar-refractivity contribution is 0.0942. The fourth-order valence-corrected chi connectivity index (χ4v) is 2.02. The second-order valence-corrected chi connectivity index (χ2v) is 5.15. The molecule has 1 aromatic carbocycles. The van der Waals surface area contributed by atoms with E-state index >= 15 is 0 Å². The lowest BCUT2D eigenvalue weighted by atomic mass is 10.0. The van der Waals surface area contributed by atoms with Gasteiger partial charge in [-0.2, -0.15) is 5.10 Å². The molecule has 1 aromatic heterocycles. The summed E-state index contributed by atoms with van der Waals surface area (Å²) in [5.74, 6) is 0.295. The summed E-state index contributed by atoms with van der Waals surface area (Å²) in [6.07, 6.45) is 1.48. The summed E-state index contributed by atoms with van der Waals surface area (Å²) >= 11 is 0. The predicted molar refractivity (Wildman–Crippen MR) is 79.3 cm³/mol. The van der Waals surface area contributed by atoms with Crippen molar-refractivity contribution in [2.45, 2.75) is 26.3 Å². The number of anilines is 1. The molecular formula is C15H20N4O. The van der Waals surface area contributed by atoms with E-state index in [1.165, 1.54) is 16.4 Å². The Bertz CT molecular complexity index is 579. The van der Waals surface area contributed by atoms with Gasteiger partial charge in [0.05, 0.1) is 11.9 Å². The van der Waals surface area contributed by atoms with E-state index in [2.05, 4.69) is 36.4 Å². The fourth-order valence-electron chi connectivity index (χ4n) is 2.02. The van der Waals surface area contributed by atoms with Crippen molar-refractivity contribution in [1.29, 1.82) is 0 Å². The SMILES string of the molecule is CC(C)c1ccc(CNC(=O)c2c(N)cnn2C)cc1. The maximum absolute atomic E-state index is 12.0. The zero-order valence-electron chi connectivity index (χ0n) is 12.1. The van der Waals surface area contributed by atoms with Crippen LogP contribution in [0.4, 0.5) is 5.69 Å². The molecular weight excluding hydrogens is 252 g/mol. The van der Waals surface area contributed by atoms with Crippen LogP contribution in [-0.2, 0) is 13.6 Å². The Morgan fingerprint density at radius 2 is 2.00 bits per heavy atom. The molecule has 5 nitrogen and oxygen atoms in total. The van der Waals surface area contributed by atoms with E-state index in [9.17, 15) is 4.79 Å². The summed E-state index contributed by atoms with van der Waals surface area (Å²) in [5, 5.41) is 6.81. The molecule has 0 bridgehead atoms. The zero-order chi connectivity index (χ0) is 14.7. The molecule has 0 radical (unpaired) electrons. The van der Waals surface area contributed by atoms with E-state index in [4.69, 9.17) is 5.73 Å². The maximum Gasteiger partial charge on any atom is 0.271 e. The van der Waals surface area contributed by atoms with Crippen LogP contribution in [0.25, 0.3) is 0 Å². The van der Waals surface area contributed by atoms with Crippen LogP contribution in [0.5, 0.6) is 0 Å². The average molecular weight is 272 g/mol. The van der Waals surface area contributed by atoms with Crippen molar-refractivity contribution in [3.05, 3.63) is 47.3 Å². The fraction of sp³-hybridized carbons (Fsp3) is 0.333. The third kappa shape index (κ3) is 2.99. The summed E-state index contributed by atoms with van der Waals surface area (Å²) in [7, 11) is 1.70. The molecule has 2 rings (SSSR count). The minimum absolute atomic E-state index is 0.213. The standard InChI is InChI=1S/C15H20N4O/c1-10(2)12-6-4-11(5-7-12)8-17-15(20)14-13(16)9-18-19(14)3/h4-7,9-10H,8,16H2,1-3H3,(H,17,20). The molecule has 2 aromatic rings. The molecule has 106 valence electrons. The smallest absolute Gasteiger partial charge is 0.271 e. The average Bonchev–Trinajstić information content (AvgIpc) is 2.76. The number of nitrogens with two attached hydrogens (primary N) is 1. The number of rotatable bonds is 4. The number of nitrogen functional groups attached to an aromatic ring is 1. The van der Waals surface area contributed by atoms with Gasteiger partial charge in [-0.15, -0.1) is 0 Å². The highest BCUT2D eigenvalue weighted by molar-refractivity contribution is 5.97. The van der Waals surface area contributed by atoms with Crippen molar-refractivity contribution >= 4 is 11.6 Å². The van der Waals surface area contributed by atoms with Crippen molar-refractivity contribution < 1.29 is 4.79 Å². The molecule has 3 N–H and O–H groups in total. The van der Waals surface area contributed by atoms with E-state index in [1.54, 1.807) is 7.05 Å². The first kappa shape index (κ1) is 14.1. The number of nitrogens with one attached hydrogen (secondary N) is 1. The molecule has 0 aliphatic heterocycles. The normalized spacial score (nSPS) is 10.8. The van der Waals surface area contributed by atoms with Crippen molar-refractivity contribution in [3.8, 4) is 0 Å². The molecule has 1 heterocycles. The molecule has 0 atom stereocenters. The number of carbonyl (C=O) groups is 1. The molecule has 20 heavy (non-hydrogen) atoms. The Kier molecular flexibility index (Phi) is 4.08. The molecule has 0 saturated carbocycles. The van der Waals surface area contributed by atoms with Crippen LogP contribution in [0.2, 0.25) is 0 Å². The number of carbonyl (C=O) groups excluding carboxylic acids is 1. The first-order chi connectivity index (χ1) is 9.49. The number of hydrogen-bond donors (Lipinski definition) is 2. The maximum atomic E-state index is 12.0. The molecule has 0 aliphatic carbocycles. The van der Waals surface area contributed by atoms with Gasteiger partial charge in [-0.25, -0.2) is 0 Å². The summed E-state index contributed by atoms with van der Waals surface area (Å²) < 4.78 is 1.48. The highest BCUT2D eigenvalue weighted by atomic mass is 16.2. The van der Waals surface area contributed by atoms with Crippen LogP contribution in [-0.4, -0.2) is 15.7 Å². The van der Waals surface area contributed by atoms with Gasteiger partial charge in [-0.3, -0.25) is 9.48 Å². The number of aromatic nitrogens is 2. The largest absolute Gasteiger partial charge is 0.396 e. The van der Waals surface area contributed by atoms with Crippen LogP contribution >= 0.6 is 0 Å². The minimum Gasteiger partial charge on any atom is -0.396 e. The third-order valence-electron chi connectivity index (χ3n) is 3.28. The summed E-state index contributed by atoms with van der Waals surface area (Å²) in [6, 6.07) is 8.24. The van der Waals surface area contributed by atoms with Gasteiger partial charge >= 0.3 is 0 Å². The van der Waals surface area contributed by atoms with E-state index in [-0.39, 0.29) is 5.91 Å². The Hall–Kier alpha value is -2.30. The highest BCUT2D eigenvalue weighted by Gasteiger charge is 2.14. The molecule has 0 saturated heterocycles. The Balaban J connectivity index is 2.00. The molecule has 5 heteroatoms. The van der Waals surface area contributed by atoms with E-state index in [0.29, 0.717) is 23.8 Å². The van der Waals surface area contributed by atoms with Gasteiger partial charge in [0.2, 0.25) is 0 Å². The second-order valence-electron chi connectivity index (χ2n) is 5.15. The van der Waals surface area contributed by atoms with Gasteiger partial charge in [-0.05, 0) is 17.0 Å². The van der Waals surface area contributed by atoms with E-state index in [1.807, 2.05) is 12.1 Å². The van der Waals surface area contributed by atoms with Crippen molar-refractivity contribution in [3.63, 3.8) is 0 Å². The number of aryl methyl sites for hydroxylation is 1. The third-order valence-corrected chi connectivity index (χ3v) is 3.28.